The van der Waals surface area contributed by atoms with E-state index in [0.29, 0.717) is 0 Å². The lowest BCUT2D eigenvalue weighted by atomic mass is 10.1. The first-order valence-corrected chi connectivity index (χ1v) is 10.6. The van der Waals surface area contributed by atoms with Gasteiger partial charge in [-0.25, -0.2) is 8.42 Å². The largest absolute Gasteiger partial charge is 0.366 e. The molecule has 0 saturated carbocycles. The third-order valence-electron chi connectivity index (χ3n) is 4.55. The summed E-state index contributed by atoms with van der Waals surface area (Å²) in [5, 5.41) is 11.7. The number of carbonyl (C=O) groups is 1. The summed E-state index contributed by atoms with van der Waals surface area (Å²) in [6.45, 7) is 0.627. The van der Waals surface area contributed by atoms with Gasteiger partial charge in [0.15, 0.2) is 0 Å². The van der Waals surface area contributed by atoms with Gasteiger partial charge >= 0.3 is 0 Å². The molecule has 12 heteroatoms. The number of primary amides is 1. The maximum absolute atomic E-state index is 12.9. The number of piperazine rings is 1. The molecule has 1 fully saturated rings. The topological polar surface area (TPSA) is 127 Å². The van der Waals surface area contributed by atoms with Crippen LogP contribution in [0.5, 0.6) is 0 Å². The van der Waals surface area contributed by atoms with Crippen molar-refractivity contribution in [3.63, 3.8) is 0 Å². The monoisotopic (exact) mass is 458 g/mol. The molecule has 0 radical (unpaired) electrons. The number of nitrogens with two attached hydrogens (primary N) is 1. The highest BCUT2D eigenvalue weighted by molar-refractivity contribution is 7.89. The Bertz CT molecular complexity index is 1090. The zero-order chi connectivity index (χ0) is 21.3. The molecule has 0 bridgehead atoms. The van der Waals surface area contributed by atoms with Crippen LogP contribution in [-0.4, -0.2) is 49.7 Å². The van der Waals surface area contributed by atoms with E-state index in [4.69, 9.17) is 28.9 Å². The molecule has 0 aliphatic carbocycles. The number of carbonyl (C=O) groups excluding carboxylic acids is 1. The summed E-state index contributed by atoms with van der Waals surface area (Å²) in [5.74, 6) is -0.769. The Morgan fingerprint density at radius 1 is 1.07 bits per heavy atom. The minimum atomic E-state index is -3.87. The summed E-state index contributed by atoms with van der Waals surface area (Å²) < 4.78 is 27.1. The van der Waals surface area contributed by atoms with Crippen LogP contribution in [0.15, 0.2) is 41.3 Å². The molecule has 3 rings (SSSR count). The Morgan fingerprint density at radius 3 is 2.31 bits per heavy atom. The van der Waals surface area contributed by atoms with E-state index in [-0.39, 0.29) is 58.1 Å². The molecule has 1 amide bonds. The summed E-state index contributed by atoms with van der Waals surface area (Å²) in [5.41, 5.74) is 5.23. The van der Waals surface area contributed by atoms with E-state index in [2.05, 4.69) is 0 Å². The van der Waals surface area contributed by atoms with E-state index in [9.17, 15) is 23.3 Å². The lowest BCUT2D eigenvalue weighted by molar-refractivity contribution is -0.384. The molecule has 2 aromatic rings. The summed E-state index contributed by atoms with van der Waals surface area (Å²) >= 11 is 11.9. The Hall–Kier alpha value is -2.40. The molecule has 9 nitrogen and oxygen atoms in total. The predicted octanol–water partition coefficient (Wildman–Crippen LogP) is 2.51. The molecular formula is C17H16Cl2N4O5S. The second-order valence-corrected chi connectivity index (χ2v) is 9.04. The standard InChI is InChI=1S/C17H16Cl2N4O5S/c18-12-2-3-13(19)16(10-12)29(27,28)22-7-5-21(6-8-22)14-4-1-11(17(20)24)9-15(14)23(25)26/h1-4,9-10H,5-8H2,(H2,20,24). The fourth-order valence-electron chi connectivity index (χ4n) is 3.07. The number of sulfonamides is 1. The summed E-state index contributed by atoms with van der Waals surface area (Å²) in [7, 11) is -3.87. The Morgan fingerprint density at radius 2 is 1.72 bits per heavy atom. The smallest absolute Gasteiger partial charge is 0.293 e. The first-order chi connectivity index (χ1) is 13.6. The number of amides is 1. The molecule has 29 heavy (non-hydrogen) atoms. The average molecular weight is 459 g/mol. The van der Waals surface area contributed by atoms with Crippen molar-refractivity contribution in [2.24, 2.45) is 5.73 Å². The Balaban J connectivity index is 1.83. The zero-order valence-corrected chi connectivity index (χ0v) is 17.2. The van der Waals surface area contributed by atoms with Gasteiger partial charge in [-0.2, -0.15) is 4.31 Å². The van der Waals surface area contributed by atoms with E-state index < -0.39 is 20.9 Å². The third kappa shape index (κ3) is 4.30. The van der Waals surface area contributed by atoms with Gasteiger partial charge < -0.3 is 10.6 Å². The van der Waals surface area contributed by atoms with Gasteiger partial charge in [0, 0.05) is 42.8 Å². The van der Waals surface area contributed by atoms with E-state index in [0.717, 1.165) is 6.07 Å². The van der Waals surface area contributed by atoms with Gasteiger partial charge in [0.05, 0.1) is 9.95 Å². The van der Waals surface area contributed by atoms with Crippen molar-refractivity contribution in [2.45, 2.75) is 4.90 Å². The quantitative estimate of drug-likeness (QED) is 0.541. The van der Waals surface area contributed by atoms with Crippen molar-refractivity contribution >= 4 is 50.5 Å². The van der Waals surface area contributed by atoms with Gasteiger partial charge in [0.1, 0.15) is 10.6 Å². The lowest BCUT2D eigenvalue weighted by Gasteiger charge is -2.35. The maximum Gasteiger partial charge on any atom is 0.293 e. The molecule has 2 aromatic carbocycles. The second kappa shape index (κ2) is 8.15. The van der Waals surface area contributed by atoms with E-state index in [1.54, 1.807) is 4.90 Å². The highest BCUT2D eigenvalue weighted by atomic mass is 35.5. The number of anilines is 1. The van der Waals surface area contributed by atoms with Gasteiger partial charge in [0.25, 0.3) is 5.69 Å². The minimum Gasteiger partial charge on any atom is -0.366 e. The number of halogens is 2. The van der Waals surface area contributed by atoms with Crippen LogP contribution in [0, 0.1) is 10.1 Å². The van der Waals surface area contributed by atoms with Gasteiger partial charge in [-0.3, -0.25) is 14.9 Å². The van der Waals surface area contributed by atoms with E-state index >= 15 is 0 Å². The molecule has 1 heterocycles. The van der Waals surface area contributed by atoms with Gasteiger partial charge in [0.2, 0.25) is 15.9 Å². The first kappa shape index (κ1) is 21.3. The molecular weight excluding hydrogens is 443 g/mol. The number of hydrogen-bond acceptors (Lipinski definition) is 6. The van der Waals surface area contributed by atoms with Crippen LogP contribution in [0.25, 0.3) is 0 Å². The average Bonchev–Trinajstić information content (AvgIpc) is 2.69. The molecule has 1 aliphatic rings. The van der Waals surface area contributed by atoms with Crippen LogP contribution in [-0.2, 0) is 10.0 Å². The highest BCUT2D eigenvalue weighted by Crippen LogP contribution is 2.32. The molecule has 1 aliphatic heterocycles. The van der Waals surface area contributed by atoms with Gasteiger partial charge in [-0.05, 0) is 30.3 Å². The summed E-state index contributed by atoms with van der Waals surface area (Å²) in [6.07, 6.45) is 0. The van der Waals surface area contributed by atoms with Crippen LogP contribution in [0.1, 0.15) is 10.4 Å². The summed E-state index contributed by atoms with van der Waals surface area (Å²) in [6, 6.07) is 8.16. The van der Waals surface area contributed by atoms with Crippen molar-refractivity contribution in [2.75, 3.05) is 31.1 Å². The van der Waals surface area contributed by atoms with E-state index in [1.807, 2.05) is 0 Å². The van der Waals surface area contributed by atoms with Crippen molar-refractivity contribution in [3.8, 4) is 0 Å². The van der Waals surface area contributed by atoms with Crippen LogP contribution >= 0.6 is 23.2 Å². The predicted molar refractivity (Wildman–Crippen MR) is 109 cm³/mol. The minimum absolute atomic E-state index is 0.0252. The molecule has 2 N–H and O–H groups in total. The number of nitro groups is 1. The van der Waals surface area contributed by atoms with Crippen LogP contribution in [0.4, 0.5) is 11.4 Å². The van der Waals surface area contributed by atoms with Crippen LogP contribution < -0.4 is 10.6 Å². The fraction of sp³-hybridized carbons (Fsp3) is 0.235. The second-order valence-electron chi connectivity index (χ2n) is 6.29. The van der Waals surface area contributed by atoms with Crippen molar-refractivity contribution in [1.82, 2.24) is 4.31 Å². The normalized spacial score (nSPS) is 15.3. The molecule has 0 aromatic heterocycles. The lowest BCUT2D eigenvalue weighted by Crippen LogP contribution is -2.48. The van der Waals surface area contributed by atoms with Crippen LogP contribution in [0.3, 0.4) is 0 Å². The number of nitro benzene ring substituents is 1. The van der Waals surface area contributed by atoms with Gasteiger partial charge in [-0.15, -0.1) is 0 Å². The summed E-state index contributed by atoms with van der Waals surface area (Å²) in [4.78, 5) is 23.7. The molecule has 0 spiro atoms. The number of benzene rings is 2. The van der Waals surface area contributed by atoms with Crippen molar-refractivity contribution in [1.29, 1.82) is 0 Å². The number of nitrogens with zero attached hydrogens (tertiary/aromatic N) is 3. The molecule has 0 unspecified atom stereocenters. The Kier molecular flexibility index (Phi) is 5.99. The molecule has 1 saturated heterocycles. The van der Waals surface area contributed by atoms with Crippen molar-refractivity contribution in [3.05, 3.63) is 62.1 Å². The number of rotatable bonds is 5. The van der Waals surface area contributed by atoms with E-state index in [1.165, 1.54) is 34.6 Å². The first-order valence-electron chi connectivity index (χ1n) is 8.39. The number of hydrogen-bond donors (Lipinski definition) is 1. The third-order valence-corrected chi connectivity index (χ3v) is 7.16. The molecule has 0 atom stereocenters. The highest BCUT2D eigenvalue weighted by Gasteiger charge is 2.32. The van der Waals surface area contributed by atoms with Crippen LogP contribution in [0.2, 0.25) is 10.0 Å². The SMILES string of the molecule is NC(=O)c1ccc(N2CCN(S(=O)(=O)c3cc(Cl)ccc3Cl)CC2)c([N+](=O)[O-])c1. The Labute approximate surface area is 176 Å². The van der Waals surface area contributed by atoms with Crippen molar-refractivity contribution < 1.29 is 18.1 Å². The maximum atomic E-state index is 12.9. The zero-order valence-electron chi connectivity index (χ0n) is 14.9. The van der Waals surface area contributed by atoms with Gasteiger partial charge in [-0.1, -0.05) is 23.2 Å². The molecule has 154 valence electrons. The fourth-order valence-corrected chi connectivity index (χ4v) is 5.23.